The van der Waals surface area contributed by atoms with Gasteiger partial charge in [-0.05, 0) is 126 Å². The number of phenols is 2. The Morgan fingerprint density at radius 3 is 1.73 bits per heavy atom. The fraction of sp³-hybridized carbons (Fsp3) is 0.485. The summed E-state index contributed by atoms with van der Waals surface area (Å²) in [6.07, 6.45) is 2.15. The van der Waals surface area contributed by atoms with E-state index in [9.17, 15) is 44.7 Å². The molecule has 11 rings (SSSR count). The first-order chi connectivity index (χ1) is 41.2. The van der Waals surface area contributed by atoms with Crippen LogP contribution in [0.3, 0.4) is 0 Å². The number of fused-ring (bicyclic) bond motifs is 12. The van der Waals surface area contributed by atoms with E-state index in [0.29, 0.717) is 59.7 Å². The number of carbonyl (C=O) groups excluding carboxylic acids is 5. The third kappa shape index (κ3) is 11.0. The van der Waals surface area contributed by atoms with Gasteiger partial charge in [0.15, 0.2) is 40.3 Å². The molecule has 3 aromatic rings. The number of allylic oxidation sites excluding steroid dienone is 4. The Kier molecular flexibility index (Phi) is 19.8. The Hall–Kier alpha value is -7.99. The van der Waals surface area contributed by atoms with E-state index >= 15 is 0 Å². The molecule has 21 nitrogen and oxygen atoms in total. The Morgan fingerprint density at radius 2 is 1.23 bits per heavy atom. The van der Waals surface area contributed by atoms with Crippen molar-refractivity contribution in [3.63, 3.8) is 0 Å². The van der Waals surface area contributed by atoms with Crippen LogP contribution in [-0.2, 0) is 46.3 Å². The summed E-state index contributed by atoms with van der Waals surface area (Å²) in [5, 5.41) is 50.1. The number of Topliss-reactive ketones (excluding diaryl/α,β-unsaturated/α-hetero) is 3. The van der Waals surface area contributed by atoms with E-state index in [2.05, 4.69) is 53.3 Å². The van der Waals surface area contributed by atoms with E-state index in [1.165, 1.54) is 33.1 Å². The molecule has 4 bridgehead atoms. The summed E-state index contributed by atoms with van der Waals surface area (Å²) in [5.74, 6) is 0.234. The molecule has 0 spiro atoms. The van der Waals surface area contributed by atoms with Crippen molar-refractivity contribution in [2.75, 3.05) is 60.3 Å². The van der Waals surface area contributed by atoms with Crippen LogP contribution in [0.15, 0.2) is 92.4 Å². The number of hydrogen-bond acceptors (Lipinski definition) is 20. The molecule has 6 aliphatic heterocycles. The van der Waals surface area contributed by atoms with Gasteiger partial charge in [-0.15, -0.1) is 0 Å². The number of phenolic OH excluding ortho intramolecular Hbond substituents is 2. The smallest absolute Gasteiger partial charge is 0.244 e. The molecule has 2 aliphatic carbocycles. The van der Waals surface area contributed by atoms with Crippen LogP contribution in [0.25, 0.3) is 0 Å². The summed E-state index contributed by atoms with van der Waals surface area (Å²) in [4.78, 5) is 79.8. The second-order valence-electron chi connectivity index (χ2n) is 23.3. The zero-order valence-corrected chi connectivity index (χ0v) is 51.3. The third-order valence-electron chi connectivity index (χ3n) is 19.0. The van der Waals surface area contributed by atoms with Gasteiger partial charge in [0.05, 0.1) is 70.3 Å². The van der Waals surface area contributed by atoms with Gasteiger partial charge in [0, 0.05) is 95.3 Å². The van der Waals surface area contributed by atoms with Crippen molar-refractivity contribution in [3.05, 3.63) is 121 Å². The lowest BCUT2D eigenvalue weighted by atomic mass is 9.69. The van der Waals surface area contributed by atoms with Gasteiger partial charge in [-0.1, -0.05) is 45.2 Å². The highest BCUT2D eigenvalue weighted by molar-refractivity contribution is 8.13. The maximum absolute atomic E-state index is 14.1. The minimum Gasteiger partial charge on any atom is -0.504 e. The van der Waals surface area contributed by atoms with E-state index in [4.69, 9.17) is 18.9 Å². The van der Waals surface area contributed by atoms with E-state index in [1.807, 2.05) is 69.2 Å². The van der Waals surface area contributed by atoms with Crippen molar-refractivity contribution in [1.82, 2.24) is 30.2 Å². The van der Waals surface area contributed by atoms with Crippen molar-refractivity contribution < 1.29 is 53.1 Å². The summed E-state index contributed by atoms with van der Waals surface area (Å²) in [6.45, 7) is 10.5. The molecule has 5 N–H and O–H groups in total. The summed E-state index contributed by atoms with van der Waals surface area (Å²) in [5.41, 5.74) is 10.5. The number of likely N-dealkylation sites (N-methyl/N-ethyl adjacent to an activating group) is 2. The van der Waals surface area contributed by atoms with Crippen LogP contribution in [0.4, 0.5) is 5.69 Å². The van der Waals surface area contributed by atoms with Crippen LogP contribution >= 0.6 is 11.9 Å². The largest absolute Gasteiger partial charge is 0.504 e. The van der Waals surface area contributed by atoms with E-state index in [-0.39, 0.29) is 116 Å². The van der Waals surface area contributed by atoms with Crippen molar-refractivity contribution in [2.45, 2.75) is 155 Å². The number of ether oxygens (including phenoxy) is 4. The van der Waals surface area contributed by atoms with Crippen LogP contribution in [0.2, 0.25) is 0 Å². The van der Waals surface area contributed by atoms with Gasteiger partial charge in [0.25, 0.3) is 0 Å². The number of ketones is 3. The molecule has 0 aromatic heterocycles. The molecule has 2 fully saturated rings. The fourth-order valence-corrected chi connectivity index (χ4v) is 15.6. The molecule has 0 radical (unpaired) electrons. The number of aromatic hydroxyl groups is 2. The summed E-state index contributed by atoms with van der Waals surface area (Å²) in [6, 6.07) is 13.7. The zero-order chi connectivity index (χ0) is 61.9. The highest BCUT2D eigenvalue weighted by atomic mass is 32.2. The second kappa shape index (κ2) is 26.4. The van der Waals surface area contributed by atoms with Gasteiger partial charge < -0.3 is 44.5 Å². The predicted octanol–water partition coefficient (Wildman–Crippen LogP) is 7.17. The molecule has 11 atom stereocenters. The average Bonchev–Trinajstić information content (AvgIpc) is 0.722. The predicted molar refractivity (Wildman–Crippen MR) is 336 cm³/mol. The number of nitriles is 2. The first-order valence-corrected chi connectivity index (χ1v) is 29.7. The van der Waals surface area contributed by atoms with Crippen molar-refractivity contribution in [3.8, 4) is 35.1 Å². The molecule has 8 aliphatic rings. The van der Waals surface area contributed by atoms with Crippen molar-refractivity contribution >= 4 is 52.3 Å². The van der Waals surface area contributed by atoms with Crippen LogP contribution in [-0.4, -0.2) is 175 Å². The number of para-hydroxylation sites is 1. The normalized spacial score (nSPS) is 26.6. The summed E-state index contributed by atoms with van der Waals surface area (Å²) < 4.78 is 25.3. The van der Waals surface area contributed by atoms with Gasteiger partial charge in [-0.25, -0.2) is 0 Å². The quantitative estimate of drug-likeness (QED) is 0.0491. The molecular formula is C66H82N10O11S. The van der Waals surface area contributed by atoms with E-state index in [1.54, 1.807) is 40.5 Å². The third-order valence-corrected chi connectivity index (χ3v) is 19.5. The number of benzene rings is 3. The lowest BCUT2D eigenvalue weighted by Gasteiger charge is -2.60. The highest BCUT2D eigenvalue weighted by Gasteiger charge is 2.59. The standard InChI is InChI=1S/C36H40N6O6S.C28H34N4O5.2CH4/c1-18-12-21-13-24-26(15-37)42-25(30(41(24)4)28(21)32(44)34(18)47-5)14-23-29(33(45)35(48-6)19(2)31(23)43)27(42)16-38-36(46)20(3)39-17-49-40-22-10-8-7-9-11-22;1-13-7-16-8-19-21(11-29)32-20(25(31(19)4)24(16)27(35)28(13)37-6)9-18-17(22(32)12-30-15(3)33)10-23(36-5)14(2)26(18)34;;/h7-12,17,20,24-27,30,40,44H,13-14,16H2,1-6H3,(H,38,46);7,19-22,25,35H,8-10,12H2,1-6H3,(H,30,33);2*1H4/t20?,24-,25?,26-,27-,30?;19-,20?,21-,22-,25?;;/m00../s1. The maximum atomic E-state index is 14.1. The van der Waals surface area contributed by atoms with Gasteiger partial charge in [-0.3, -0.25) is 48.6 Å². The lowest BCUT2D eigenvalue weighted by molar-refractivity contribution is -0.125. The Bertz CT molecular complexity index is 3580. The second-order valence-corrected chi connectivity index (χ2v) is 24.0. The SMILES string of the molecule is C.C.COC1=C(C)C(=O)C2=C(C1)[C@H](CNC(C)=O)N1C(C2)C2c3c(cc(C)c(OC)c3O)C[C@@H]([C@@H]1C#N)N2C.COC1=C(C)C(=O)C2=C(C1=O)[C@H](CNC(=O)C(C)N=CSNc1ccccc1)N1C(C2)C2c3c(cc(C)c(OC)c3O)C[C@@H]([C@@H]1C#N)N2C. The lowest BCUT2D eigenvalue weighted by Crippen LogP contribution is -2.71. The molecule has 3 aromatic carbocycles. The molecule has 22 heteroatoms. The first kappa shape index (κ1) is 66.0. The Balaban J connectivity index is 0.000000231. The zero-order valence-electron chi connectivity index (χ0n) is 50.5. The van der Waals surface area contributed by atoms with Crippen molar-refractivity contribution in [1.29, 1.82) is 10.5 Å². The van der Waals surface area contributed by atoms with E-state index in [0.717, 1.165) is 44.7 Å². The molecule has 2 amide bonds. The van der Waals surface area contributed by atoms with E-state index < -0.39 is 42.0 Å². The van der Waals surface area contributed by atoms with Gasteiger partial charge in [0.2, 0.25) is 17.6 Å². The number of piperazine rings is 2. The molecular weight excluding hydrogens is 1140 g/mol. The molecule has 2 saturated heterocycles. The van der Waals surface area contributed by atoms with Gasteiger partial charge >= 0.3 is 0 Å². The van der Waals surface area contributed by atoms with Crippen molar-refractivity contribution in [2.24, 2.45) is 4.99 Å². The molecule has 88 heavy (non-hydrogen) atoms. The monoisotopic (exact) mass is 1220 g/mol. The molecule has 6 heterocycles. The van der Waals surface area contributed by atoms with Gasteiger partial charge in [-0.2, -0.15) is 10.5 Å². The number of aliphatic imine (C=N–C) groups is 1. The average molecular weight is 1220 g/mol. The Labute approximate surface area is 520 Å². The number of nitrogens with one attached hydrogen (secondary N) is 3. The highest BCUT2D eigenvalue weighted by Crippen LogP contribution is 2.56. The number of anilines is 1. The molecule has 5 unspecified atom stereocenters. The first-order valence-electron chi connectivity index (χ1n) is 28.8. The Morgan fingerprint density at radius 1 is 0.716 bits per heavy atom. The molecule has 0 saturated carbocycles. The van der Waals surface area contributed by atoms with Crippen LogP contribution in [0.5, 0.6) is 23.0 Å². The molecule has 468 valence electrons. The van der Waals surface area contributed by atoms with Gasteiger partial charge in [0.1, 0.15) is 23.9 Å². The number of rotatable bonds is 13. The van der Waals surface area contributed by atoms with Crippen LogP contribution in [0, 0.1) is 36.5 Å². The topological polar surface area (TPSA) is 272 Å². The summed E-state index contributed by atoms with van der Waals surface area (Å²) in [7, 11) is 9.91. The number of hydrogen-bond donors (Lipinski definition) is 5. The van der Waals surface area contributed by atoms with Crippen LogP contribution in [0.1, 0.15) is 107 Å². The number of nitrogens with zero attached hydrogens (tertiary/aromatic N) is 7. The number of amides is 2. The minimum absolute atomic E-state index is 0. The minimum atomic E-state index is -0.822. The number of methoxy groups -OCH3 is 4. The number of carbonyl (C=O) groups is 5. The fourth-order valence-electron chi connectivity index (χ4n) is 15.0. The van der Waals surface area contributed by atoms with Crippen LogP contribution < -0.4 is 24.8 Å². The maximum Gasteiger partial charge on any atom is 0.244 e. The number of aryl methyl sites for hydroxylation is 2. The summed E-state index contributed by atoms with van der Waals surface area (Å²) >= 11 is 1.23.